The van der Waals surface area contributed by atoms with Crippen molar-refractivity contribution in [1.29, 1.82) is 0 Å². The Labute approximate surface area is 156 Å². The monoisotopic (exact) mass is 357 g/mol. The van der Waals surface area contributed by atoms with Crippen molar-refractivity contribution >= 4 is 18.0 Å². The number of carbonyl (C=O) groups is 2. The molecular weight excluding hydrogens is 326 g/mol. The van der Waals surface area contributed by atoms with E-state index in [2.05, 4.69) is 10.6 Å². The molecule has 3 amide bonds. The Morgan fingerprint density at radius 1 is 1.15 bits per heavy atom. The van der Waals surface area contributed by atoms with Crippen molar-refractivity contribution in [3.63, 3.8) is 0 Å². The minimum absolute atomic E-state index is 0.0152. The van der Waals surface area contributed by atoms with Crippen molar-refractivity contribution in [2.45, 2.75) is 32.6 Å². The third-order valence-electron chi connectivity index (χ3n) is 5.11. The third kappa shape index (κ3) is 6.21. The topological polar surface area (TPSA) is 61.4 Å². The Bertz CT molecular complexity index is 593. The smallest absolute Gasteiger partial charge is 0.317 e. The van der Waals surface area contributed by atoms with Crippen LogP contribution in [0.3, 0.4) is 0 Å². The lowest BCUT2D eigenvalue weighted by Crippen LogP contribution is -2.42. The normalized spacial score (nSPS) is 19.9. The van der Waals surface area contributed by atoms with Crippen LogP contribution in [0.4, 0.5) is 4.79 Å². The number of urea groups is 1. The summed E-state index contributed by atoms with van der Waals surface area (Å²) in [6.45, 7) is 3.96. The van der Waals surface area contributed by atoms with E-state index in [0.29, 0.717) is 25.6 Å². The zero-order valence-corrected chi connectivity index (χ0v) is 15.9. The van der Waals surface area contributed by atoms with E-state index in [-0.39, 0.29) is 17.9 Å². The molecule has 0 unspecified atom stereocenters. The minimum Gasteiger partial charge on any atom is -0.359 e. The summed E-state index contributed by atoms with van der Waals surface area (Å²) >= 11 is 0. The van der Waals surface area contributed by atoms with E-state index in [0.717, 1.165) is 31.2 Å². The molecule has 1 aliphatic carbocycles. The van der Waals surface area contributed by atoms with E-state index >= 15 is 0 Å². The Morgan fingerprint density at radius 3 is 2.46 bits per heavy atom. The SMILES string of the molecule is CCN(CC=Cc1ccccc1)C(=O)NCC1CCC(C(=O)NC)CC1. The summed E-state index contributed by atoms with van der Waals surface area (Å²) < 4.78 is 0. The van der Waals surface area contributed by atoms with Gasteiger partial charge in [-0.1, -0.05) is 42.5 Å². The van der Waals surface area contributed by atoms with Gasteiger partial charge in [-0.05, 0) is 44.1 Å². The summed E-state index contributed by atoms with van der Waals surface area (Å²) in [4.78, 5) is 25.9. The predicted octanol–water partition coefficient (Wildman–Crippen LogP) is 3.28. The van der Waals surface area contributed by atoms with Gasteiger partial charge in [-0.25, -0.2) is 4.79 Å². The summed E-state index contributed by atoms with van der Waals surface area (Å²) in [6.07, 6.45) is 7.88. The van der Waals surface area contributed by atoms with Crippen LogP contribution in [0.1, 0.15) is 38.2 Å². The molecule has 2 N–H and O–H groups in total. The van der Waals surface area contributed by atoms with Gasteiger partial charge in [0.15, 0.2) is 0 Å². The second-order valence-electron chi connectivity index (χ2n) is 6.87. The van der Waals surface area contributed by atoms with Crippen LogP contribution in [0.5, 0.6) is 0 Å². The highest BCUT2D eigenvalue weighted by Gasteiger charge is 2.26. The highest BCUT2D eigenvalue weighted by atomic mass is 16.2. The first kappa shape index (κ1) is 20.0. The molecule has 1 saturated carbocycles. The average molecular weight is 357 g/mol. The molecule has 1 aromatic rings. The Balaban J connectivity index is 1.72. The van der Waals surface area contributed by atoms with Crippen molar-refractivity contribution in [1.82, 2.24) is 15.5 Å². The van der Waals surface area contributed by atoms with Gasteiger partial charge in [0, 0.05) is 32.6 Å². The number of rotatable bonds is 7. The molecule has 1 aliphatic rings. The van der Waals surface area contributed by atoms with Crippen molar-refractivity contribution < 1.29 is 9.59 Å². The Morgan fingerprint density at radius 2 is 1.85 bits per heavy atom. The quantitative estimate of drug-likeness (QED) is 0.787. The fourth-order valence-electron chi connectivity index (χ4n) is 3.41. The summed E-state index contributed by atoms with van der Waals surface area (Å²) in [5.74, 6) is 0.760. The number of benzene rings is 1. The molecule has 26 heavy (non-hydrogen) atoms. The maximum absolute atomic E-state index is 12.4. The van der Waals surface area contributed by atoms with Gasteiger partial charge in [0.2, 0.25) is 5.91 Å². The molecule has 0 radical (unpaired) electrons. The molecule has 2 rings (SSSR count). The van der Waals surface area contributed by atoms with E-state index in [9.17, 15) is 9.59 Å². The first-order valence-electron chi connectivity index (χ1n) is 9.60. The van der Waals surface area contributed by atoms with Crippen LogP contribution in [0.25, 0.3) is 6.08 Å². The van der Waals surface area contributed by atoms with E-state index < -0.39 is 0 Å². The van der Waals surface area contributed by atoms with E-state index in [1.165, 1.54) is 0 Å². The van der Waals surface area contributed by atoms with Gasteiger partial charge in [0.05, 0.1) is 0 Å². The molecule has 0 bridgehead atoms. The fourth-order valence-corrected chi connectivity index (χ4v) is 3.41. The van der Waals surface area contributed by atoms with Crippen LogP contribution in [0.2, 0.25) is 0 Å². The first-order chi connectivity index (χ1) is 12.6. The van der Waals surface area contributed by atoms with Crippen molar-refractivity contribution in [3.05, 3.63) is 42.0 Å². The standard InChI is InChI=1S/C21H31N3O2/c1-3-24(15-7-10-17-8-5-4-6-9-17)21(26)23-16-18-11-13-19(14-12-18)20(25)22-2/h4-10,18-19H,3,11-16H2,1-2H3,(H,22,25)(H,23,26). The highest BCUT2D eigenvalue weighted by molar-refractivity contribution is 5.78. The number of likely N-dealkylation sites (N-methyl/N-ethyl adjacent to an activating group) is 1. The molecule has 1 aromatic carbocycles. The number of amides is 3. The first-order valence-corrected chi connectivity index (χ1v) is 9.60. The molecule has 1 fully saturated rings. The predicted molar refractivity (Wildman–Crippen MR) is 106 cm³/mol. The molecule has 5 nitrogen and oxygen atoms in total. The zero-order valence-electron chi connectivity index (χ0n) is 15.9. The Hall–Kier alpha value is -2.30. The lowest BCUT2D eigenvalue weighted by Gasteiger charge is -2.28. The van der Waals surface area contributed by atoms with Crippen molar-refractivity contribution in [2.75, 3.05) is 26.7 Å². The number of hydrogen-bond donors (Lipinski definition) is 2. The van der Waals surface area contributed by atoms with Gasteiger partial charge in [0.25, 0.3) is 0 Å². The van der Waals surface area contributed by atoms with Crippen LogP contribution >= 0.6 is 0 Å². The minimum atomic E-state index is -0.0152. The number of hydrogen-bond acceptors (Lipinski definition) is 2. The molecule has 0 atom stereocenters. The van der Waals surface area contributed by atoms with Crippen molar-refractivity contribution in [2.24, 2.45) is 11.8 Å². The van der Waals surface area contributed by atoms with Crippen LogP contribution < -0.4 is 10.6 Å². The number of nitrogens with zero attached hydrogens (tertiary/aromatic N) is 1. The summed E-state index contributed by atoms with van der Waals surface area (Å²) in [6, 6.07) is 10.1. The molecule has 0 saturated heterocycles. The molecule has 0 heterocycles. The van der Waals surface area contributed by atoms with Crippen molar-refractivity contribution in [3.8, 4) is 0 Å². The zero-order chi connectivity index (χ0) is 18.8. The number of carbonyl (C=O) groups excluding carboxylic acids is 2. The average Bonchev–Trinajstić information content (AvgIpc) is 2.70. The van der Waals surface area contributed by atoms with Gasteiger partial charge >= 0.3 is 6.03 Å². The highest BCUT2D eigenvalue weighted by Crippen LogP contribution is 2.28. The van der Waals surface area contributed by atoms with E-state index in [1.807, 2.05) is 49.4 Å². The van der Waals surface area contributed by atoms with Gasteiger partial charge in [-0.15, -0.1) is 0 Å². The van der Waals surface area contributed by atoms with Gasteiger partial charge in [-0.3, -0.25) is 4.79 Å². The van der Waals surface area contributed by atoms with Gasteiger partial charge in [-0.2, -0.15) is 0 Å². The lowest BCUT2D eigenvalue weighted by atomic mass is 9.81. The summed E-state index contributed by atoms with van der Waals surface area (Å²) in [7, 11) is 1.69. The van der Waals surface area contributed by atoms with Crippen LogP contribution in [-0.4, -0.2) is 43.5 Å². The van der Waals surface area contributed by atoms with E-state index in [1.54, 1.807) is 11.9 Å². The molecule has 0 aliphatic heterocycles. The molecule has 142 valence electrons. The van der Waals surface area contributed by atoms with Crippen LogP contribution in [-0.2, 0) is 4.79 Å². The molecular formula is C21H31N3O2. The maximum atomic E-state index is 12.4. The van der Waals surface area contributed by atoms with Gasteiger partial charge < -0.3 is 15.5 Å². The molecule has 0 spiro atoms. The Kier molecular flexibility index (Phi) is 8.19. The molecule has 0 aromatic heterocycles. The van der Waals surface area contributed by atoms with E-state index in [4.69, 9.17) is 0 Å². The van der Waals surface area contributed by atoms with Crippen LogP contribution in [0.15, 0.2) is 36.4 Å². The second kappa shape index (κ2) is 10.6. The largest absolute Gasteiger partial charge is 0.359 e. The van der Waals surface area contributed by atoms with Crippen LogP contribution in [0, 0.1) is 11.8 Å². The molecule has 5 heteroatoms. The second-order valence-corrected chi connectivity index (χ2v) is 6.87. The summed E-state index contributed by atoms with van der Waals surface area (Å²) in [5, 5.41) is 5.79. The maximum Gasteiger partial charge on any atom is 0.317 e. The lowest BCUT2D eigenvalue weighted by molar-refractivity contribution is -0.125. The van der Waals surface area contributed by atoms with Gasteiger partial charge in [0.1, 0.15) is 0 Å². The fraction of sp³-hybridized carbons (Fsp3) is 0.524. The summed E-state index contributed by atoms with van der Waals surface area (Å²) in [5.41, 5.74) is 1.14. The third-order valence-corrected chi connectivity index (χ3v) is 5.11. The number of nitrogens with one attached hydrogen (secondary N) is 2.